The maximum absolute atomic E-state index is 14.2. The highest BCUT2D eigenvalue weighted by atomic mass is 19.1. The molecule has 2 saturated heterocycles. The second-order valence-corrected chi connectivity index (χ2v) is 8.51. The number of nitrogens with one attached hydrogen (secondary N) is 2. The van der Waals surface area contributed by atoms with Crippen LogP contribution in [-0.4, -0.2) is 78.9 Å². The molecule has 0 radical (unpaired) electrons. The fraction of sp³-hybridized carbons (Fsp3) is 0.609. The van der Waals surface area contributed by atoms with E-state index in [4.69, 9.17) is 14.5 Å². The van der Waals surface area contributed by atoms with Crippen LogP contribution < -0.4 is 20.3 Å². The van der Waals surface area contributed by atoms with E-state index in [2.05, 4.69) is 37.3 Å². The van der Waals surface area contributed by atoms with E-state index >= 15 is 0 Å². The van der Waals surface area contributed by atoms with Gasteiger partial charge in [0.2, 0.25) is 17.8 Å². The van der Waals surface area contributed by atoms with Gasteiger partial charge in [0, 0.05) is 38.0 Å². The zero-order valence-electron chi connectivity index (χ0n) is 19.7. The summed E-state index contributed by atoms with van der Waals surface area (Å²) in [6.07, 6.45) is 4.47. The number of benzene rings is 1. The van der Waals surface area contributed by atoms with E-state index in [1.165, 1.54) is 19.6 Å². The average Bonchev–Trinajstić information content (AvgIpc) is 3.47. The Morgan fingerprint density at radius 3 is 2.61 bits per heavy atom. The smallest absolute Gasteiger partial charge is 0.233 e. The summed E-state index contributed by atoms with van der Waals surface area (Å²) in [5, 5.41) is 6.55. The van der Waals surface area contributed by atoms with Gasteiger partial charge in [-0.3, -0.25) is 4.90 Å². The molecule has 2 atom stereocenters. The first-order valence-electron chi connectivity index (χ1n) is 11.7. The number of anilines is 4. The lowest BCUT2D eigenvalue weighted by atomic mass is 10.2. The van der Waals surface area contributed by atoms with Crippen LogP contribution in [0.5, 0.6) is 5.75 Å². The van der Waals surface area contributed by atoms with Gasteiger partial charge >= 0.3 is 0 Å². The molecule has 2 aliphatic heterocycles. The number of likely N-dealkylation sites (tertiary alicyclic amines) is 1. The lowest BCUT2D eigenvalue weighted by Gasteiger charge is -2.25. The molecule has 33 heavy (non-hydrogen) atoms. The number of rotatable bonds is 10. The first kappa shape index (κ1) is 23.4. The molecule has 2 fully saturated rings. The molecule has 2 N–H and O–H groups in total. The van der Waals surface area contributed by atoms with E-state index in [-0.39, 0.29) is 11.8 Å². The molecule has 180 valence electrons. The largest absolute Gasteiger partial charge is 0.494 e. The van der Waals surface area contributed by atoms with E-state index in [9.17, 15) is 4.39 Å². The molecular weight excluding hydrogens is 425 g/mol. The molecule has 2 aromatic rings. The summed E-state index contributed by atoms with van der Waals surface area (Å²) in [6, 6.07) is 5.38. The van der Waals surface area contributed by atoms with Gasteiger partial charge in [-0.25, -0.2) is 4.39 Å². The topological polar surface area (TPSA) is 87.7 Å². The van der Waals surface area contributed by atoms with Crippen molar-refractivity contribution in [1.82, 2.24) is 19.9 Å². The number of nitrogens with zero attached hydrogens (tertiary/aromatic N) is 5. The number of halogens is 1. The third-order valence-electron chi connectivity index (χ3n) is 6.43. The van der Waals surface area contributed by atoms with Gasteiger partial charge < -0.3 is 25.0 Å². The van der Waals surface area contributed by atoms with Gasteiger partial charge in [-0.05, 0) is 50.9 Å². The summed E-state index contributed by atoms with van der Waals surface area (Å²) in [5.41, 5.74) is 0.541. The standard InChI is InChI=1S/C23H34FN7O2/c1-4-30-11-5-7-17(30)14-25-21-27-22(26-16-9-10-20(33-3)19(24)13-16)29-23(28-21)31-12-6-8-18(31)15-32-2/h9-10,13,17-18H,4-8,11-12,14-15H2,1-3H3,(H2,25,26,27,28,29). The summed E-state index contributed by atoms with van der Waals surface area (Å²) in [4.78, 5) is 18.6. The van der Waals surface area contributed by atoms with Crippen molar-refractivity contribution < 1.29 is 13.9 Å². The molecule has 10 heteroatoms. The highest BCUT2D eigenvalue weighted by molar-refractivity contribution is 5.57. The Bertz CT molecular complexity index is 932. The molecule has 2 unspecified atom stereocenters. The van der Waals surface area contributed by atoms with Crippen molar-refractivity contribution in [3.05, 3.63) is 24.0 Å². The number of hydrogen-bond acceptors (Lipinski definition) is 9. The van der Waals surface area contributed by atoms with Crippen LogP contribution in [0.3, 0.4) is 0 Å². The zero-order chi connectivity index (χ0) is 23.2. The Morgan fingerprint density at radius 1 is 1.06 bits per heavy atom. The van der Waals surface area contributed by atoms with Gasteiger partial charge in [-0.2, -0.15) is 15.0 Å². The number of hydrogen-bond donors (Lipinski definition) is 2. The molecule has 4 rings (SSSR count). The zero-order valence-corrected chi connectivity index (χ0v) is 19.7. The van der Waals surface area contributed by atoms with Crippen LogP contribution in [-0.2, 0) is 4.74 Å². The lowest BCUT2D eigenvalue weighted by Crippen LogP contribution is -2.36. The second-order valence-electron chi connectivity index (χ2n) is 8.51. The van der Waals surface area contributed by atoms with Gasteiger partial charge in [0.1, 0.15) is 0 Å². The van der Waals surface area contributed by atoms with Gasteiger partial charge in [-0.15, -0.1) is 0 Å². The fourth-order valence-electron chi connectivity index (χ4n) is 4.72. The summed E-state index contributed by atoms with van der Waals surface area (Å²) in [5.74, 6) is 1.23. The van der Waals surface area contributed by atoms with Crippen LogP contribution >= 0.6 is 0 Å². The van der Waals surface area contributed by atoms with Gasteiger partial charge in [0.15, 0.2) is 11.6 Å². The minimum atomic E-state index is -0.448. The molecule has 0 amide bonds. The predicted molar refractivity (Wildman–Crippen MR) is 127 cm³/mol. The number of aromatic nitrogens is 3. The van der Waals surface area contributed by atoms with Crippen molar-refractivity contribution in [2.45, 2.75) is 44.7 Å². The van der Waals surface area contributed by atoms with Crippen molar-refractivity contribution in [2.24, 2.45) is 0 Å². The summed E-state index contributed by atoms with van der Waals surface area (Å²) < 4.78 is 24.6. The number of ether oxygens (including phenoxy) is 2. The van der Waals surface area contributed by atoms with Crippen molar-refractivity contribution in [2.75, 3.05) is 62.5 Å². The molecule has 1 aromatic carbocycles. The summed E-state index contributed by atoms with van der Waals surface area (Å²) >= 11 is 0. The summed E-state index contributed by atoms with van der Waals surface area (Å²) in [6.45, 7) is 6.62. The van der Waals surface area contributed by atoms with Crippen LogP contribution in [0, 0.1) is 5.82 Å². The van der Waals surface area contributed by atoms with Crippen molar-refractivity contribution in [3.8, 4) is 5.75 Å². The van der Waals surface area contributed by atoms with Gasteiger partial charge in [-0.1, -0.05) is 6.92 Å². The summed E-state index contributed by atoms with van der Waals surface area (Å²) in [7, 11) is 3.15. The molecule has 0 aliphatic carbocycles. The van der Waals surface area contributed by atoms with Crippen molar-refractivity contribution >= 4 is 23.5 Å². The van der Waals surface area contributed by atoms with E-state index in [1.807, 2.05) is 0 Å². The minimum Gasteiger partial charge on any atom is -0.494 e. The maximum atomic E-state index is 14.2. The molecule has 2 aliphatic rings. The van der Waals surface area contributed by atoms with Crippen LogP contribution in [0.15, 0.2) is 18.2 Å². The van der Waals surface area contributed by atoms with Gasteiger partial charge in [0.25, 0.3) is 0 Å². The Morgan fingerprint density at radius 2 is 1.85 bits per heavy atom. The minimum absolute atomic E-state index is 0.191. The highest BCUT2D eigenvalue weighted by Gasteiger charge is 2.28. The lowest BCUT2D eigenvalue weighted by molar-refractivity contribution is 0.180. The maximum Gasteiger partial charge on any atom is 0.233 e. The van der Waals surface area contributed by atoms with Crippen LogP contribution in [0.1, 0.15) is 32.6 Å². The predicted octanol–water partition coefficient (Wildman–Crippen LogP) is 3.27. The molecule has 3 heterocycles. The van der Waals surface area contributed by atoms with Crippen LogP contribution in [0.25, 0.3) is 0 Å². The molecule has 0 saturated carbocycles. The Hall–Kier alpha value is -2.72. The molecular formula is C23H34FN7O2. The van der Waals surface area contributed by atoms with E-state index in [0.717, 1.165) is 45.4 Å². The number of methoxy groups -OCH3 is 2. The monoisotopic (exact) mass is 459 g/mol. The Labute approximate surface area is 194 Å². The number of likely N-dealkylation sites (N-methyl/N-ethyl adjacent to an activating group) is 1. The van der Waals surface area contributed by atoms with Crippen LogP contribution in [0.4, 0.5) is 27.9 Å². The Balaban J connectivity index is 1.57. The highest BCUT2D eigenvalue weighted by Crippen LogP contribution is 2.27. The third kappa shape index (κ3) is 5.62. The van der Waals surface area contributed by atoms with Crippen molar-refractivity contribution in [1.29, 1.82) is 0 Å². The average molecular weight is 460 g/mol. The molecule has 9 nitrogen and oxygen atoms in total. The van der Waals surface area contributed by atoms with E-state index < -0.39 is 5.82 Å². The van der Waals surface area contributed by atoms with Crippen molar-refractivity contribution in [3.63, 3.8) is 0 Å². The fourth-order valence-corrected chi connectivity index (χ4v) is 4.72. The third-order valence-corrected chi connectivity index (χ3v) is 6.43. The molecule has 0 spiro atoms. The van der Waals surface area contributed by atoms with E-state index in [0.29, 0.717) is 36.2 Å². The van der Waals surface area contributed by atoms with Crippen LogP contribution in [0.2, 0.25) is 0 Å². The Kier molecular flexibility index (Phi) is 7.77. The normalized spacial score (nSPS) is 20.9. The first-order chi connectivity index (χ1) is 16.1. The van der Waals surface area contributed by atoms with Gasteiger partial charge in [0.05, 0.1) is 19.8 Å². The SMILES string of the molecule is CCN1CCCC1CNc1nc(Nc2ccc(OC)c(F)c2)nc(N2CCCC2COC)n1. The second kappa shape index (κ2) is 10.9. The molecule has 1 aromatic heterocycles. The first-order valence-corrected chi connectivity index (χ1v) is 11.7. The quantitative estimate of drug-likeness (QED) is 0.556. The molecule has 0 bridgehead atoms. The van der Waals surface area contributed by atoms with E-state index in [1.54, 1.807) is 19.2 Å².